The van der Waals surface area contributed by atoms with E-state index in [-0.39, 0.29) is 12.0 Å². The molecular weight excluding hydrogens is 641 g/mol. The molecule has 2 nitrogen and oxygen atoms in total. The van der Waals surface area contributed by atoms with Crippen LogP contribution < -0.4 is 5.32 Å². The Morgan fingerprint density at radius 1 is 0.509 bits per heavy atom. The summed E-state index contributed by atoms with van der Waals surface area (Å²) in [4.78, 5) is 0. The fourth-order valence-corrected chi connectivity index (χ4v) is 9.11. The van der Waals surface area contributed by atoms with Crippen molar-refractivity contribution < 1.29 is 0 Å². The molecule has 1 N–H and O–H groups in total. The minimum absolute atomic E-state index is 0.0960. The lowest BCUT2D eigenvalue weighted by atomic mass is 9.85. The van der Waals surface area contributed by atoms with Crippen molar-refractivity contribution >= 4 is 81.9 Å². The van der Waals surface area contributed by atoms with Gasteiger partial charge in [-0.05, 0) is 68.1 Å². The van der Waals surface area contributed by atoms with Crippen LogP contribution in [-0.4, -0.2) is 10.6 Å². The molecule has 2 heteroatoms. The van der Waals surface area contributed by atoms with Gasteiger partial charge in [0.2, 0.25) is 0 Å². The van der Waals surface area contributed by atoms with Crippen LogP contribution in [0.2, 0.25) is 0 Å². The van der Waals surface area contributed by atoms with Gasteiger partial charge in [-0.1, -0.05) is 170 Å². The summed E-state index contributed by atoms with van der Waals surface area (Å²) in [5.74, 6) is 0.233. The molecule has 0 spiro atoms. The zero-order valence-corrected chi connectivity index (χ0v) is 29.2. The topological polar surface area (TPSA) is 17.0 Å². The van der Waals surface area contributed by atoms with Crippen molar-refractivity contribution in [1.82, 2.24) is 9.88 Å². The third-order valence-corrected chi connectivity index (χ3v) is 11.5. The molecule has 1 aromatic heterocycles. The highest BCUT2D eigenvalue weighted by atomic mass is 15.0. The molecule has 0 saturated heterocycles. The van der Waals surface area contributed by atoms with E-state index in [0.717, 1.165) is 6.42 Å². The summed E-state index contributed by atoms with van der Waals surface area (Å²) in [7, 11) is 0. The normalized spacial score (nSPS) is 17.4. The van der Waals surface area contributed by atoms with Gasteiger partial charge in [-0.15, -0.1) is 0 Å². The second kappa shape index (κ2) is 12.0. The molecule has 2 aliphatic rings. The van der Waals surface area contributed by atoms with Crippen molar-refractivity contribution in [3.63, 3.8) is 0 Å². The molecule has 53 heavy (non-hydrogen) atoms. The van der Waals surface area contributed by atoms with Crippen LogP contribution >= 0.6 is 0 Å². The first-order chi connectivity index (χ1) is 26.3. The SMILES string of the molecule is C1=CC(n2c3ccccc3c3c4c5ccccc5ccc4c4ccccc4c32)=CC(C2C=C(c3ccccc3)C=C(c3cccc4ccccc34)N2)C1. The third kappa shape index (κ3) is 4.72. The monoisotopic (exact) mass is 676 g/mol. The van der Waals surface area contributed by atoms with Crippen molar-refractivity contribution in [3.8, 4) is 0 Å². The van der Waals surface area contributed by atoms with E-state index in [4.69, 9.17) is 0 Å². The lowest BCUT2D eigenvalue weighted by Gasteiger charge is -2.32. The number of dihydropyridines is 1. The predicted octanol–water partition coefficient (Wildman–Crippen LogP) is 12.9. The summed E-state index contributed by atoms with van der Waals surface area (Å²) in [5, 5.41) is 16.9. The second-order valence-corrected chi connectivity index (χ2v) is 14.5. The highest BCUT2D eigenvalue weighted by Crippen LogP contribution is 2.45. The van der Waals surface area contributed by atoms with Crippen LogP contribution in [0.4, 0.5) is 0 Å². The van der Waals surface area contributed by atoms with Crippen LogP contribution in [-0.2, 0) is 0 Å². The zero-order valence-electron chi connectivity index (χ0n) is 29.2. The molecule has 11 rings (SSSR count). The molecule has 8 aromatic carbocycles. The molecule has 1 aliphatic carbocycles. The first-order valence-corrected chi connectivity index (χ1v) is 18.7. The van der Waals surface area contributed by atoms with Crippen LogP contribution in [0.15, 0.2) is 188 Å². The Labute approximate surface area is 308 Å². The molecule has 1 aliphatic heterocycles. The van der Waals surface area contributed by atoms with E-state index in [1.54, 1.807) is 0 Å². The Kier molecular flexibility index (Phi) is 6.78. The average Bonchev–Trinajstić information content (AvgIpc) is 3.59. The largest absolute Gasteiger partial charge is 0.378 e. The van der Waals surface area contributed by atoms with Gasteiger partial charge in [0.25, 0.3) is 0 Å². The van der Waals surface area contributed by atoms with Gasteiger partial charge in [-0.3, -0.25) is 0 Å². The Hall–Kier alpha value is -6.64. The lowest BCUT2D eigenvalue weighted by Crippen LogP contribution is -2.35. The van der Waals surface area contributed by atoms with Crippen molar-refractivity contribution in [1.29, 1.82) is 0 Å². The van der Waals surface area contributed by atoms with Gasteiger partial charge in [0.15, 0.2) is 0 Å². The van der Waals surface area contributed by atoms with Gasteiger partial charge >= 0.3 is 0 Å². The minimum atomic E-state index is 0.0960. The summed E-state index contributed by atoms with van der Waals surface area (Å²) in [6, 6.07) is 57.7. The molecule has 0 fully saturated rings. The van der Waals surface area contributed by atoms with E-state index < -0.39 is 0 Å². The number of hydrogen-bond acceptors (Lipinski definition) is 1. The van der Waals surface area contributed by atoms with Gasteiger partial charge in [-0.2, -0.15) is 0 Å². The second-order valence-electron chi connectivity index (χ2n) is 14.5. The number of rotatable bonds is 4. The quantitative estimate of drug-likeness (QED) is 0.184. The number of fused-ring (bicyclic) bond motifs is 11. The van der Waals surface area contributed by atoms with Gasteiger partial charge in [-0.25, -0.2) is 0 Å². The number of nitrogens with zero attached hydrogens (tertiary/aromatic N) is 1. The van der Waals surface area contributed by atoms with Crippen molar-refractivity contribution in [2.24, 2.45) is 5.92 Å². The lowest BCUT2D eigenvalue weighted by molar-refractivity contribution is 0.529. The molecule has 0 radical (unpaired) electrons. The number of nitrogens with one attached hydrogen (secondary N) is 1. The maximum absolute atomic E-state index is 4.04. The van der Waals surface area contributed by atoms with Crippen LogP contribution in [0.5, 0.6) is 0 Å². The van der Waals surface area contributed by atoms with Gasteiger partial charge in [0, 0.05) is 44.4 Å². The molecule has 0 saturated carbocycles. The summed E-state index contributed by atoms with van der Waals surface area (Å²) in [5.41, 5.74) is 8.61. The predicted molar refractivity (Wildman–Crippen MR) is 227 cm³/mol. The fraction of sp³-hybridized carbons (Fsp3) is 0.0588. The summed E-state index contributed by atoms with van der Waals surface area (Å²) in [6.45, 7) is 0. The van der Waals surface area contributed by atoms with E-state index in [1.165, 1.54) is 93.0 Å². The summed E-state index contributed by atoms with van der Waals surface area (Å²) in [6.07, 6.45) is 13.0. The minimum Gasteiger partial charge on any atom is -0.378 e. The van der Waals surface area contributed by atoms with Gasteiger partial charge in [0.05, 0.1) is 17.1 Å². The number of hydrogen-bond donors (Lipinski definition) is 1. The molecule has 2 heterocycles. The molecule has 2 unspecified atom stereocenters. The van der Waals surface area contributed by atoms with Crippen LogP contribution in [0, 0.1) is 5.92 Å². The maximum atomic E-state index is 4.04. The molecule has 0 bridgehead atoms. The zero-order chi connectivity index (χ0) is 34.9. The van der Waals surface area contributed by atoms with E-state index in [9.17, 15) is 0 Å². The van der Waals surface area contributed by atoms with Crippen LogP contribution in [0.25, 0.3) is 81.9 Å². The van der Waals surface area contributed by atoms with Crippen molar-refractivity contribution in [2.45, 2.75) is 12.5 Å². The van der Waals surface area contributed by atoms with Crippen molar-refractivity contribution in [3.05, 3.63) is 199 Å². The Balaban J connectivity index is 1.13. The summed E-state index contributed by atoms with van der Waals surface area (Å²) >= 11 is 0. The number of aromatic nitrogens is 1. The van der Waals surface area contributed by atoms with Crippen LogP contribution in [0.3, 0.4) is 0 Å². The highest BCUT2D eigenvalue weighted by molar-refractivity contribution is 6.37. The number of allylic oxidation sites excluding steroid dienone is 5. The Bertz CT molecular complexity index is 3060. The molecule has 250 valence electrons. The Morgan fingerprint density at radius 2 is 1.19 bits per heavy atom. The van der Waals surface area contributed by atoms with E-state index in [0.29, 0.717) is 0 Å². The Morgan fingerprint density at radius 3 is 2.04 bits per heavy atom. The van der Waals surface area contributed by atoms with Gasteiger partial charge in [0.1, 0.15) is 0 Å². The molecule has 9 aromatic rings. The smallest absolute Gasteiger partial charge is 0.0626 e. The molecule has 2 atom stereocenters. The highest BCUT2D eigenvalue weighted by Gasteiger charge is 2.27. The molecular formula is C51H36N2. The fourth-order valence-electron chi connectivity index (χ4n) is 9.11. The van der Waals surface area contributed by atoms with Crippen LogP contribution in [0.1, 0.15) is 17.5 Å². The van der Waals surface area contributed by atoms with E-state index in [1.807, 2.05) is 0 Å². The van der Waals surface area contributed by atoms with E-state index in [2.05, 4.69) is 198 Å². The summed E-state index contributed by atoms with van der Waals surface area (Å²) < 4.78 is 2.54. The number of benzene rings is 8. The third-order valence-electron chi connectivity index (χ3n) is 11.5. The molecule has 0 amide bonds. The van der Waals surface area contributed by atoms with Gasteiger partial charge < -0.3 is 9.88 Å². The standard InChI is InChI=1S/C51H36N2/c1-2-14-33(15-3-1)37-31-46(52-47(32-37)42-26-13-18-34-16-4-6-21-39(34)42)36-19-12-20-38(30-36)53-48-27-11-10-25-45(48)50-49-40-22-7-5-17-35(40)28-29-43(49)41-23-8-9-24-44(41)51(50)53/h1-18,20-32,36,46,52H,19H2. The number of para-hydroxylation sites is 1. The van der Waals surface area contributed by atoms with E-state index >= 15 is 0 Å². The first-order valence-electron chi connectivity index (χ1n) is 18.7. The maximum Gasteiger partial charge on any atom is 0.0626 e. The van der Waals surface area contributed by atoms with Crippen molar-refractivity contribution in [2.75, 3.05) is 0 Å². The average molecular weight is 677 g/mol. The first kappa shape index (κ1) is 30.0.